The van der Waals surface area contributed by atoms with E-state index in [1.165, 1.54) is 0 Å². The van der Waals surface area contributed by atoms with Crippen molar-refractivity contribution in [3.63, 3.8) is 0 Å². The number of amides is 2. The molecule has 0 atom stereocenters. The van der Waals surface area contributed by atoms with Crippen LogP contribution in [0.4, 0.5) is 0 Å². The molecule has 8 heteroatoms. The van der Waals surface area contributed by atoms with Crippen LogP contribution in [0.15, 0.2) is 126 Å². The SMILES string of the molecule is O=C(Cc1ccccc1)NN1C(=O)C(=Cc2ccc(-n3nc(-c4ccccc4)cc3-c3ccccc3)cc2)SC1=S. The summed E-state index contributed by atoms with van der Waals surface area (Å²) in [5, 5.41) is 6.07. The quantitative estimate of drug-likeness (QED) is 0.174. The van der Waals surface area contributed by atoms with E-state index in [1.54, 1.807) is 6.08 Å². The first kappa shape index (κ1) is 26.4. The van der Waals surface area contributed by atoms with Crippen molar-refractivity contribution in [2.24, 2.45) is 0 Å². The summed E-state index contributed by atoms with van der Waals surface area (Å²) < 4.78 is 2.22. The fourth-order valence-electron chi connectivity index (χ4n) is 4.52. The highest BCUT2D eigenvalue weighted by Crippen LogP contribution is 2.32. The molecule has 2 amide bonds. The number of hydrazine groups is 1. The van der Waals surface area contributed by atoms with E-state index in [2.05, 4.69) is 23.6 Å². The molecule has 41 heavy (non-hydrogen) atoms. The van der Waals surface area contributed by atoms with Gasteiger partial charge in [-0.2, -0.15) is 10.1 Å². The van der Waals surface area contributed by atoms with Crippen LogP contribution < -0.4 is 5.43 Å². The van der Waals surface area contributed by atoms with Gasteiger partial charge in [-0.3, -0.25) is 15.0 Å². The van der Waals surface area contributed by atoms with Gasteiger partial charge in [0.1, 0.15) is 0 Å². The molecular formula is C33H24N4O2S2. The lowest BCUT2D eigenvalue weighted by Gasteiger charge is -2.15. The number of benzene rings is 4. The predicted molar refractivity (Wildman–Crippen MR) is 168 cm³/mol. The highest BCUT2D eigenvalue weighted by atomic mass is 32.2. The molecular weight excluding hydrogens is 549 g/mol. The van der Waals surface area contributed by atoms with Crippen molar-refractivity contribution >= 4 is 46.2 Å². The Morgan fingerprint density at radius 1 is 0.829 bits per heavy atom. The summed E-state index contributed by atoms with van der Waals surface area (Å²) in [6.07, 6.45) is 1.94. The third kappa shape index (κ3) is 5.89. The zero-order valence-corrected chi connectivity index (χ0v) is 23.4. The number of carbonyl (C=O) groups is 2. The maximum atomic E-state index is 13.1. The molecule has 1 N–H and O–H groups in total. The molecule has 0 bridgehead atoms. The number of thioether (sulfide) groups is 1. The lowest BCUT2D eigenvalue weighted by Crippen LogP contribution is -2.45. The van der Waals surface area contributed by atoms with E-state index in [4.69, 9.17) is 17.3 Å². The molecule has 0 spiro atoms. The lowest BCUT2D eigenvalue weighted by molar-refractivity contribution is -0.132. The molecule has 0 radical (unpaired) electrons. The maximum absolute atomic E-state index is 13.1. The van der Waals surface area contributed by atoms with Crippen molar-refractivity contribution in [2.75, 3.05) is 0 Å². The number of aromatic nitrogens is 2. The number of rotatable bonds is 7. The molecule has 0 unspecified atom stereocenters. The van der Waals surface area contributed by atoms with Crippen molar-refractivity contribution < 1.29 is 9.59 Å². The second kappa shape index (κ2) is 11.8. The molecule has 2 heterocycles. The van der Waals surface area contributed by atoms with Crippen LogP contribution in [0.2, 0.25) is 0 Å². The summed E-state index contributed by atoms with van der Waals surface area (Å²) in [7, 11) is 0. The van der Waals surface area contributed by atoms with Crippen LogP contribution >= 0.6 is 24.0 Å². The molecule has 6 nitrogen and oxygen atoms in total. The van der Waals surface area contributed by atoms with Gasteiger partial charge in [0, 0.05) is 11.1 Å². The Morgan fingerprint density at radius 3 is 2.10 bits per heavy atom. The van der Waals surface area contributed by atoms with E-state index in [9.17, 15) is 9.59 Å². The lowest BCUT2D eigenvalue weighted by atomic mass is 10.1. The molecule has 6 rings (SSSR count). The molecule has 4 aromatic carbocycles. The Labute approximate surface area is 247 Å². The van der Waals surface area contributed by atoms with Gasteiger partial charge in [0.15, 0.2) is 4.32 Å². The van der Waals surface area contributed by atoms with Gasteiger partial charge in [-0.05, 0) is 47.6 Å². The number of hydrogen-bond acceptors (Lipinski definition) is 5. The number of hydrogen-bond donors (Lipinski definition) is 1. The van der Waals surface area contributed by atoms with E-state index in [-0.39, 0.29) is 22.6 Å². The molecule has 0 aliphatic carbocycles. The third-order valence-corrected chi connectivity index (χ3v) is 7.82. The summed E-state index contributed by atoms with van der Waals surface area (Å²) in [4.78, 5) is 26.0. The largest absolute Gasteiger partial charge is 0.285 e. The van der Waals surface area contributed by atoms with Crippen LogP contribution in [0.5, 0.6) is 0 Å². The third-order valence-electron chi connectivity index (χ3n) is 6.52. The van der Waals surface area contributed by atoms with Gasteiger partial charge in [-0.1, -0.05) is 115 Å². The summed E-state index contributed by atoms with van der Waals surface area (Å²) in [6, 6.07) is 39.5. The Balaban J connectivity index is 1.22. The molecule has 1 fully saturated rings. The van der Waals surface area contributed by atoms with E-state index in [1.807, 2.05) is 108 Å². The van der Waals surface area contributed by atoms with E-state index in [0.29, 0.717) is 4.91 Å². The molecule has 1 aromatic heterocycles. The average molecular weight is 573 g/mol. The molecule has 1 aliphatic rings. The topological polar surface area (TPSA) is 67.2 Å². The Bertz CT molecular complexity index is 1750. The fourth-order valence-corrected chi connectivity index (χ4v) is 5.69. The monoisotopic (exact) mass is 572 g/mol. The fraction of sp³-hybridized carbons (Fsp3) is 0.0303. The van der Waals surface area contributed by atoms with Gasteiger partial charge in [-0.15, -0.1) is 0 Å². The normalized spacial score (nSPS) is 14.0. The van der Waals surface area contributed by atoms with Gasteiger partial charge in [0.2, 0.25) is 5.91 Å². The first-order chi connectivity index (χ1) is 20.0. The summed E-state index contributed by atoms with van der Waals surface area (Å²) in [5.74, 6) is -0.655. The minimum Gasteiger partial charge on any atom is -0.273 e. The van der Waals surface area contributed by atoms with Crippen LogP contribution in [-0.4, -0.2) is 30.9 Å². The van der Waals surface area contributed by atoms with Crippen LogP contribution in [0.25, 0.3) is 34.3 Å². The standard InChI is InChI=1S/C33H24N4O2S2/c38-31(21-23-10-4-1-5-11-23)35-37-32(39)30(41-33(37)40)20-24-16-18-27(19-17-24)36-29(26-14-8-3-9-15-26)22-28(34-36)25-12-6-2-7-13-25/h1-20,22H,21H2,(H,35,38). The van der Waals surface area contributed by atoms with Crippen LogP contribution in [0.1, 0.15) is 11.1 Å². The van der Waals surface area contributed by atoms with E-state index >= 15 is 0 Å². The Kier molecular flexibility index (Phi) is 7.58. The Morgan fingerprint density at radius 2 is 1.44 bits per heavy atom. The zero-order valence-electron chi connectivity index (χ0n) is 21.8. The van der Waals surface area contributed by atoms with Crippen molar-refractivity contribution in [1.82, 2.24) is 20.2 Å². The number of carbonyl (C=O) groups excluding carboxylic acids is 2. The van der Waals surface area contributed by atoms with Crippen LogP contribution in [0, 0.1) is 0 Å². The minimum atomic E-state index is -0.351. The molecule has 1 saturated heterocycles. The zero-order chi connectivity index (χ0) is 28.2. The highest BCUT2D eigenvalue weighted by Gasteiger charge is 2.33. The van der Waals surface area contributed by atoms with Gasteiger partial charge >= 0.3 is 0 Å². The molecule has 0 saturated carbocycles. The maximum Gasteiger partial charge on any atom is 0.285 e. The summed E-state index contributed by atoms with van der Waals surface area (Å²) in [6.45, 7) is 0. The molecule has 1 aliphatic heterocycles. The molecule has 5 aromatic rings. The van der Waals surface area contributed by atoms with Crippen molar-refractivity contribution in [1.29, 1.82) is 0 Å². The van der Waals surface area contributed by atoms with Gasteiger partial charge < -0.3 is 0 Å². The smallest absolute Gasteiger partial charge is 0.273 e. The van der Waals surface area contributed by atoms with Crippen LogP contribution in [-0.2, 0) is 16.0 Å². The summed E-state index contributed by atoms with van der Waals surface area (Å²) >= 11 is 6.55. The van der Waals surface area contributed by atoms with Gasteiger partial charge in [0.05, 0.1) is 28.4 Å². The predicted octanol–water partition coefficient (Wildman–Crippen LogP) is 6.68. The minimum absolute atomic E-state index is 0.156. The first-order valence-corrected chi connectivity index (χ1v) is 14.2. The second-order valence-electron chi connectivity index (χ2n) is 9.36. The van der Waals surface area contributed by atoms with Crippen LogP contribution in [0.3, 0.4) is 0 Å². The van der Waals surface area contributed by atoms with Gasteiger partial charge in [-0.25, -0.2) is 4.68 Å². The van der Waals surface area contributed by atoms with Crippen molar-refractivity contribution in [3.05, 3.63) is 137 Å². The van der Waals surface area contributed by atoms with Crippen molar-refractivity contribution in [3.8, 4) is 28.2 Å². The Hall–Kier alpha value is -4.79. The first-order valence-electron chi connectivity index (χ1n) is 13.0. The average Bonchev–Trinajstić information content (AvgIpc) is 3.56. The van der Waals surface area contributed by atoms with Gasteiger partial charge in [0.25, 0.3) is 5.91 Å². The molecule has 200 valence electrons. The highest BCUT2D eigenvalue weighted by molar-refractivity contribution is 8.26. The van der Waals surface area contributed by atoms with Crippen molar-refractivity contribution in [2.45, 2.75) is 6.42 Å². The number of nitrogens with zero attached hydrogens (tertiary/aromatic N) is 3. The summed E-state index contributed by atoms with van der Waals surface area (Å²) in [5.41, 5.74) is 9.18. The number of thiocarbonyl (C=S) groups is 1. The van der Waals surface area contributed by atoms with E-state index in [0.717, 1.165) is 56.1 Å². The number of nitrogens with one attached hydrogen (secondary N) is 1. The second-order valence-corrected chi connectivity index (χ2v) is 11.0. The van der Waals surface area contributed by atoms with E-state index < -0.39 is 0 Å².